The van der Waals surface area contributed by atoms with E-state index in [-0.39, 0.29) is 11.5 Å². The van der Waals surface area contributed by atoms with Gasteiger partial charge in [0.15, 0.2) is 0 Å². The average Bonchev–Trinajstić information content (AvgIpc) is 2.58. The first-order chi connectivity index (χ1) is 13.1. The van der Waals surface area contributed by atoms with E-state index in [9.17, 15) is 26.4 Å². The van der Waals surface area contributed by atoms with Gasteiger partial charge >= 0.3 is 32.2 Å². The number of rotatable bonds is 17. The fourth-order valence-corrected chi connectivity index (χ4v) is 4.43. The van der Waals surface area contributed by atoms with Crippen LogP contribution in [0.2, 0.25) is 0 Å². The molecule has 166 valence electrons. The zero-order valence-electron chi connectivity index (χ0n) is 17.0. The zero-order chi connectivity index (χ0) is 21.5. The van der Waals surface area contributed by atoms with Gasteiger partial charge in [-0.2, -0.15) is 16.8 Å². The topological polar surface area (TPSA) is 121 Å². The Bertz CT molecular complexity index is 595. The van der Waals surface area contributed by atoms with Gasteiger partial charge in [0.25, 0.3) is 0 Å². The summed E-state index contributed by atoms with van der Waals surface area (Å²) in [5, 5.41) is 0. The number of hydrogen-bond donors (Lipinski definition) is 0. The van der Waals surface area contributed by atoms with Gasteiger partial charge < -0.3 is 8.37 Å². The summed E-state index contributed by atoms with van der Waals surface area (Å²) in [6, 6.07) is 0. The van der Waals surface area contributed by atoms with Gasteiger partial charge in [0.05, 0.1) is 24.3 Å². The summed E-state index contributed by atoms with van der Waals surface area (Å²) in [6.07, 6.45) is 7.08. The molecule has 0 amide bonds. The molecule has 0 radical (unpaired) electrons. The van der Waals surface area contributed by atoms with Crippen LogP contribution in [0.1, 0.15) is 90.9 Å². The van der Waals surface area contributed by atoms with Gasteiger partial charge in [-0.1, -0.05) is 65.2 Å². The van der Waals surface area contributed by atoms with E-state index >= 15 is 0 Å². The molecule has 0 bridgehead atoms. The van der Waals surface area contributed by atoms with E-state index in [0.717, 1.165) is 51.4 Å². The summed E-state index contributed by atoms with van der Waals surface area (Å²) >= 11 is 0. The molecular formula is C18H34O8S2. The third-order valence-electron chi connectivity index (χ3n) is 3.97. The molecule has 0 aromatic heterocycles. The van der Waals surface area contributed by atoms with Crippen molar-refractivity contribution in [1.82, 2.24) is 0 Å². The summed E-state index contributed by atoms with van der Waals surface area (Å²) in [6.45, 7) is 4.09. The van der Waals surface area contributed by atoms with Crippen molar-refractivity contribution in [2.45, 2.75) is 90.9 Å². The molecule has 0 N–H and O–H groups in total. The van der Waals surface area contributed by atoms with E-state index in [1.807, 2.05) is 13.8 Å². The van der Waals surface area contributed by atoms with Gasteiger partial charge in [-0.25, -0.2) is 0 Å². The largest absolute Gasteiger partial charge is 0.346 e. The van der Waals surface area contributed by atoms with E-state index in [2.05, 4.69) is 8.37 Å². The SMILES string of the molecule is CCCCCCCS(=O)(=O)OC(=O)CCC(=O)OS(=O)(=O)CCCCCCC. The van der Waals surface area contributed by atoms with Crippen molar-refractivity contribution in [3.8, 4) is 0 Å². The lowest BCUT2D eigenvalue weighted by molar-refractivity contribution is -0.140. The maximum Gasteiger partial charge on any atom is 0.322 e. The lowest BCUT2D eigenvalue weighted by Crippen LogP contribution is -2.19. The number of hydrogen-bond acceptors (Lipinski definition) is 8. The third kappa shape index (κ3) is 15.9. The maximum absolute atomic E-state index is 11.7. The lowest BCUT2D eigenvalue weighted by Gasteiger charge is -2.07. The summed E-state index contributed by atoms with van der Waals surface area (Å²) in [4.78, 5) is 23.2. The fourth-order valence-electron chi connectivity index (χ4n) is 2.42. The van der Waals surface area contributed by atoms with Crippen LogP contribution in [-0.4, -0.2) is 40.3 Å². The Balaban J connectivity index is 4.10. The molecule has 0 rings (SSSR count). The van der Waals surface area contributed by atoms with Crippen LogP contribution in [0.4, 0.5) is 0 Å². The average molecular weight is 443 g/mol. The highest BCUT2D eigenvalue weighted by Crippen LogP contribution is 2.09. The smallest absolute Gasteiger partial charge is 0.322 e. The van der Waals surface area contributed by atoms with Crippen LogP contribution in [0, 0.1) is 0 Å². The second kappa shape index (κ2) is 14.8. The van der Waals surface area contributed by atoms with E-state index in [4.69, 9.17) is 0 Å². The van der Waals surface area contributed by atoms with Crippen LogP contribution < -0.4 is 0 Å². The van der Waals surface area contributed by atoms with Crippen molar-refractivity contribution in [2.75, 3.05) is 11.5 Å². The molecule has 0 heterocycles. The maximum atomic E-state index is 11.7. The molecule has 0 aliphatic rings. The van der Waals surface area contributed by atoms with Gasteiger partial charge in [-0.15, -0.1) is 0 Å². The molecule has 0 aliphatic heterocycles. The van der Waals surface area contributed by atoms with E-state index in [1.165, 1.54) is 0 Å². The summed E-state index contributed by atoms with van der Waals surface area (Å²) < 4.78 is 55.5. The predicted octanol–water partition coefficient (Wildman–Crippen LogP) is 3.45. The van der Waals surface area contributed by atoms with Gasteiger partial charge in [0.1, 0.15) is 0 Å². The Hall–Kier alpha value is -1.16. The fraction of sp³-hybridized carbons (Fsp3) is 0.889. The minimum Gasteiger partial charge on any atom is -0.346 e. The lowest BCUT2D eigenvalue weighted by atomic mass is 10.2. The highest BCUT2D eigenvalue weighted by atomic mass is 32.2. The standard InChI is InChI=1S/C18H34O8S2/c1-3-5-7-9-11-15-27(21,22)25-17(19)13-14-18(20)26-28(23,24)16-12-10-8-6-4-2/h3-16H2,1-2H3. The van der Waals surface area contributed by atoms with Crippen molar-refractivity contribution < 1.29 is 34.8 Å². The van der Waals surface area contributed by atoms with E-state index in [0.29, 0.717) is 12.8 Å². The monoisotopic (exact) mass is 442 g/mol. The molecule has 0 fully saturated rings. The van der Waals surface area contributed by atoms with Gasteiger partial charge in [0, 0.05) is 0 Å². The quantitative estimate of drug-likeness (QED) is 0.248. The van der Waals surface area contributed by atoms with Crippen LogP contribution in [0.25, 0.3) is 0 Å². The molecule has 28 heavy (non-hydrogen) atoms. The second-order valence-electron chi connectivity index (χ2n) is 6.76. The first-order valence-corrected chi connectivity index (χ1v) is 13.2. The van der Waals surface area contributed by atoms with Crippen molar-refractivity contribution in [1.29, 1.82) is 0 Å². The Morgan fingerprint density at radius 3 is 1.21 bits per heavy atom. The molecule has 0 saturated carbocycles. The molecule has 8 nitrogen and oxygen atoms in total. The van der Waals surface area contributed by atoms with E-state index in [1.54, 1.807) is 0 Å². The van der Waals surface area contributed by atoms with Crippen molar-refractivity contribution in [2.24, 2.45) is 0 Å². The Morgan fingerprint density at radius 2 is 0.893 bits per heavy atom. The molecule has 0 atom stereocenters. The first-order valence-electron chi connectivity index (χ1n) is 10.0. The van der Waals surface area contributed by atoms with Crippen LogP contribution in [0.5, 0.6) is 0 Å². The summed E-state index contributed by atoms with van der Waals surface area (Å²) in [7, 11) is -7.98. The first kappa shape index (κ1) is 26.8. The van der Waals surface area contributed by atoms with Gasteiger partial charge in [-0.05, 0) is 12.8 Å². The van der Waals surface area contributed by atoms with Crippen molar-refractivity contribution in [3.63, 3.8) is 0 Å². The zero-order valence-corrected chi connectivity index (χ0v) is 18.6. The van der Waals surface area contributed by atoms with Crippen molar-refractivity contribution in [3.05, 3.63) is 0 Å². The molecule has 0 spiro atoms. The third-order valence-corrected chi connectivity index (χ3v) is 6.43. The van der Waals surface area contributed by atoms with Crippen LogP contribution in [0.15, 0.2) is 0 Å². The summed E-state index contributed by atoms with van der Waals surface area (Å²) in [5.41, 5.74) is 0. The molecule has 0 unspecified atom stereocenters. The minimum absolute atomic E-state index is 0.265. The molecular weight excluding hydrogens is 408 g/mol. The molecule has 0 aromatic carbocycles. The number of carbonyl (C=O) groups is 2. The van der Waals surface area contributed by atoms with Gasteiger partial charge in [-0.3, -0.25) is 9.59 Å². The number of unbranched alkanes of at least 4 members (excludes halogenated alkanes) is 8. The van der Waals surface area contributed by atoms with Crippen LogP contribution >= 0.6 is 0 Å². The van der Waals surface area contributed by atoms with Gasteiger partial charge in [0.2, 0.25) is 0 Å². The van der Waals surface area contributed by atoms with Crippen LogP contribution in [0.3, 0.4) is 0 Å². The molecule has 0 saturated heterocycles. The molecule has 10 heteroatoms. The highest BCUT2D eigenvalue weighted by Gasteiger charge is 2.21. The Labute approximate surface area is 169 Å². The summed E-state index contributed by atoms with van der Waals surface area (Å²) in [5.74, 6) is -2.72. The predicted molar refractivity (Wildman–Crippen MR) is 107 cm³/mol. The van der Waals surface area contributed by atoms with Crippen LogP contribution in [-0.2, 0) is 38.2 Å². The molecule has 0 aromatic rings. The minimum atomic E-state index is -3.99. The molecule has 0 aliphatic carbocycles. The van der Waals surface area contributed by atoms with E-state index < -0.39 is 45.0 Å². The van der Waals surface area contributed by atoms with Crippen molar-refractivity contribution >= 4 is 32.2 Å². The Morgan fingerprint density at radius 1 is 0.571 bits per heavy atom. The Kier molecular flexibility index (Phi) is 14.2. The highest BCUT2D eigenvalue weighted by molar-refractivity contribution is 7.87. The normalized spacial score (nSPS) is 11.9. The number of carbonyl (C=O) groups excluding carboxylic acids is 2. The second-order valence-corrected chi connectivity index (χ2v) is 10.1.